The topological polar surface area (TPSA) is 61.4 Å². The van der Waals surface area contributed by atoms with Gasteiger partial charge in [-0.05, 0) is 44.5 Å². The predicted molar refractivity (Wildman–Crippen MR) is 76.0 cm³/mol. The maximum absolute atomic E-state index is 12.2. The van der Waals surface area contributed by atoms with Gasteiger partial charge in [0.25, 0.3) is 10.2 Å². The Kier molecular flexibility index (Phi) is 5.32. The molecule has 1 atom stereocenters. The van der Waals surface area contributed by atoms with E-state index >= 15 is 0 Å². The molecule has 0 saturated carbocycles. The minimum absolute atomic E-state index is 0.134. The first-order valence-corrected chi connectivity index (χ1v) is 9.21. The van der Waals surface area contributed by atoms with E-state index in [-0.39, 0.29) is 6.04 Å². The van der Waals surface area contributed by atoms with Gasteiger partial charge in [-0.1, -0.05) is 0 Å². The van der Waals surface area contributed by atoms with Gasteiger partial charge in [0.15, 0.2) is 0 Å². The minimum atomic E-state index is -3.26. The standard InChI is InChI=1S/C11H23N3O2S2/c1-12-8-10-2-5-14(6-3-10)18(15,16)13-11-4-7-17-9-11/h10-13H,2-9H2,1H3. The first-order chi connectivity index (χ1) is 8.62. The van der Waals surface area contributed by atoms with E-state index in [2.05, 4.69) is 10.0 Å². The molecule has 0 spiro atoms. The summed E-state index contributed by atoms with van der Waals surface area (Å²) in [6, 6.07) is 0.134. The molecule has 2 aliphatic rings. The van der Waals surface area contributed by atoms with Gasteiger partial charge in [0, 0.05) is 24.9 Å². The molecule has 2 heterocycles. The lowest BCUT2D eigenvalue weighted by Crippen LogP contribution is -2.48. The lowest BCUT2D eigenvalue weighted by Gasteiger charge is -2.31. The number of nitrogens with zero attached hydrogens (tertiary/aromatic N) is 1. The van der Waals surface area contributed by atoms with Gasteiger partial charge >= 0.3 is 0 Å². The van der Waals surface area contributed by atoms with Crippen LogP contribution in [-0.4, -0.2) is 57.0 Å². The Morgan fingerprint density at radius 3 is 2.56 bits per heavy atom. The predicted octanol–water partition coefficient (Wildman–Crippen LogP) is 0.258. The minimum Gasteiger partial charge on any atom is -0.319 e. The lowest BCUT2D eigenvalue weighted by atomic mass is 9.98. The number of piperidine rings is 1. The highest BCUT2D eigenvalue weighted by molar-refractivity contribution is 7.99. The van der Waals surface area contributed by atoms with Gasteiger partial charge in [-0.3, -0.25) is 0 Å². The highest BCUT2D eigenvalue weighted by Crippen LogP contribution is 2.21. The molecule has 106 valence electrons. The van der Waals surface area contributed by atoms with Gasteiger partial charge in [0.05, 0.1) is 0 Å². The van der Waals surface area contributed by atoms with Crippen LogP contribution in [0.15, 0.2) is 0 Å². The molecule has 0 aromatic carbocycles. The quantitative estimate of drug-likeness (QED) is 0.763. The van der Waals surface area contributed by atoms with E-state index in [0.717, 1.165) is 37.3 Å². The third-order valence-corrected chi connectivity index (χ3v) is 6.49. The van der Waals surface area contributed by atoms with Crippen LogP contribution in [0.25, 0.3) is 0 Å². The summed E-state index contributed by atoms with van der Waals surface area (Å²) >= 11 is 1.82. The van der Waals surface area contributed by atoms with Crippen molar-refractivity contribution in [2.45, 2.75) is 25.3 Å². The van der Waals surface area contributed by atoms with Crippen molar-refractivity contribution in [2.75, 3.05) is 38.2 Å². The van der Waals surface area contributed by atoms with E-state index < -0.39 is 10.2 Å². The highest BCUT2D eigenvalue weighted by atomic mass is 32.2. The van der Waals surface area contributed by atoms with E-state index in [1.54, 1.807) is 4.31 Å². The Morgan fingerprint density at radius 2 is 2.00 bits per heavy atom. The molecule has 18 heavy (non-hydrogen) atoms. The fourth-order valence-electron chi connectivity index (χ4n) is 2.56. The van der Waals surface area contributed by atoms with Crippen molar-refractivity contribution in [2.24, 2.45) is 5.92 Å². The summed E-state index contributed by atoms with van der Waals surface area (Å²) in [7, 11) is -1.31. The van der Waals surface area contributed by atoms with Crippen LogP contribution in [0, 0.1) is 5.92 Å². The second-order valence-electron chi connectivity index (χ2n) is 5.08. The van der Waals surface area contributed by atoms with Crippen molar-refractivity contribution in [3.8, 4) is 0 Å². The number of hydrogen-bond donors (Lipinski definition) is 2. The number of hydrogen-bond acceptors (Lipinski definition) is 4. The van der Waals surface area contributed by atoms with Crippen LogP contribution in [-0.2, 0) is 10.2 Å². The zero-order chi connectivity index (χ0) is 13.0. The normalized spacial score (nSPS) is 27.7. The van der Waals surface area contributed by atoms with Gasteiger partial charge in [0.1, 0.15) is 0 Å². The lowest BCUT2D eigenvalue weighted by molar-refractivity contribution is 0.267. The molecule has 7 heteroatoms. The van der Waals surface area contributed by atoms with Crippen molar-refractivity contribution in [3.05, 3.63) is 0 Å². The third kappa shape index (κ3) is 3.84. The SMILES string of the molecule is CNCC1CCN(S(=O)(=O)NC2CCSC2)CC1. The molecule has 0 radical (unpaired) electrons. The van der Waals surface area contributed by atoms with E-state index in [1.807, 2.05) is 18.8 Å². The highest BCUT2D eigenvalue weighted by Gasteiger charge is 2.30. The Labute approximate surface area is 114 Å². The van der Waals surface area contributed by atoms with Crippen molar-refractivity contribution in [1.82, 2.24) is 14.3 Å². The maximum Gasteiger partial charge on any atom is 0.279 e. The fourth-order valence-corrected chi connectivity index (χ4v) is 5.28. The number of rotatable bonds is 5. The summed E-state index contributed by atoms with van der Waals surface area (Å²) in [4.78, 5) is 0. The summed E-state index contributed by atoms with van der Waals surface area (Å²) in [5.41, 5.74) is 0. The summed E-state index contributed by atoms with van der Waals surface area (Å²) in [6.07, 6.45) is 2.88. The van der Waals surface area contributed by atoms with Crippen LogP contribution in [0.1, 0.15) is 19.3 Å². The van der Waals surface area contributed by atoms with Crippen molar-refractivity contribution in [3.63, 3.8) is 0 Å². The van der Waals surface area contributed by atoms with Gasteiger partial charge in [-0.15, -0.1) is 0 Å². The zero-order valence-electron chi connectivity index (χ0n) is 10.9. The first kappa shape index (κ1) is 14.6. The van der Waals surface area contributed by atoms with Crippen LogP contribution >= 0.6 is 11.8 Å². The molecule has 1 unspecified atom stereocenters. The summed E-state index contributed by atoms with van der Waals surface area (Å²) in [6.45, 7) is 2.30. The van der Waals surface area contributed by atoms with E-state index in [1.165, 1.54) is 0 Å². The third-order valence-electron chi connectivity index (χ3n) is 3.65. The van der Waals surface area contributed by atoms with Crippen molar-refractivity contribution in [1.29, 1.82) is 0 Å². The average molecular weight is 293 g/mol. The fraction of sp³-hybridized carbons (Fsp3) is 1.00. The second kappa shape index (κ2) is 6.56. The largest absolute Gasteiger partial charge is 0.319 e. The Morgan fingerprint density at radius 1 is 1.28 bits per heavy atom. The van der Waals surface area contributed by atoms with Gasteiger partial charge in [0.2, 0.25) is 0 Å². The van der Waals surface area contributed by atoms with E-state index in [4.69, 9.17) is 0 Å². The van der Waals surface area contributed by atoms with E-state index in [0.29, 0.717) is 19.0 Å². The Balaban J connectivity index is 1.83. The molecule has 2 rings (SSSR count). The smallest absolute Gasteiger partial charge is 0.279 e. The molecular formula is C11H23N3O2S2. The molecular weight excluding hydrogens is 270 g/mol. The molecule has 0 aliphatic carbocycles. The van der Waals surface area contributed by atoms with E-state index in [9.17, 15) is 8.42 Å². The molecule has 2 N–H and O–H groups in total. The number of nitrogens with one attached hydrogen (secondary N) is 2. The molecule has 0 aromatic heterocycles. The van der Waals surface area contributed by atoms with Crippen LogP contribution in [0.3, 0.4) is 0 Å². The summed E-state index contributed by atoms with van der Waals surface area (Å²) in [5.74, 6) is 2.59. The average Bonchev–Trinajstić information content (AvgIpc) is 2.82. The first-order valence-electron chi connectivity index (χ1n) is 6.61. The van der Waals surface area contributed by atoms with Crippen LogP contribution in [0.4, 0.5) is 0 Å². The summed E-state index contributed by atoms with van der Waals surface area (Å²) < 4.78 is 28.8. The molecule has 5 nitrogen and oxygen atoms in total. The molecule has 0 bridgehead atoms. The molecule has 2 aliphatic heterocycles. The van der Waals surface area contributed by atoms with Gasteiger partial charge in [-0.25, -0.2) is 0 Å². The zero-order valence-corrected chi connectivity index (χ0v) is 12.5. The Hall–Kier alpha value is 0.180. The molecule has 2 fully saturated rings. The van der Waals surface area contributed by atoms with Gasteiger partial charge < -0.3 is 5.32 Å². The van der Waals surface area contributed by atoms with Crippen LogP contribution in [0.2, 0.25) is 0 Å². The van der Waals surface area contributed by atoms with Crippen molar-refractivity contribution < 1.29 is 8.42 Å². The molecule has 0 amide bonds. The Bertz CT molecular complexity index is 347. The number of thioether (sulfide) groups is 1. The monoisotopic (exact) mass is 293 g/mol. The molecule has 0 aromatic rings. The maximum atomic E-state index is 12.2. The second-order valence-corrected chi connectivity index (χ2v) is 7.94. The van der Waals surface area contributed by atoms with Crippen LogP contribution < -0.4 is 10.0 Å². The molecule has 2 saturated heterocycles. The summed E-state index contributed by atoms with van der Waals surface area (Å²) in [5, 5.41) is 3.16. The van der Waals surface area contributed by atoms with Crippen LogP contribution in [0.5, 0.6) is 0 Å². The van der Waals surface area contributed by atoms with Gasteiger partial charge in [-0.2, -0.15) is 29.2 Å². The van der Waals surface area contributed by atoms with Crippen molar-refractivity contribution >= 4 is 22.0 Å².